The van der Waals surface area contributed by atoms with Gasteiger partial charge in [0.15, 0.2) is 16.7 Å². The van der Waals surface area contributed by atoms with Crippen LogP contribution in [0, 0.1) is 6.92 Å². The summed E-state index contributed by atoms with van der Waals surface area (Å²) in [6.45, 7) is 1.94. The van der Waals surface area contributed by atoms with Crippen LogP contribution in [0.15, 0.2) is 46.2 Å². The molecule has 0 saturated heterocycles. The fourth-order valence-corrected chi connectivity index (χ4v) is 3.09. The number of rotatable bonds is 5. The molecule has 0 radical (unpaired) electrons. The maximum absolute atomic E-state index is 12.1. The quantitative estimate of drug-likeness (QED) is 0.699. The molecule has 0 atom stereocenters. The van der Waals surface area contributed by atoms with Crippen molar-refractivity contribution in [1.29, 1.82) is 0 Å². The lowest BCUT2D eigenvalue weighted by Gasteiger charge is -2.07. The van der Waals surface area contributed by atoms with Gasteiger partial charge in [0, 0.05) is 7.05 Å². The van der Waals surface area contributed by atoms with E-state index in [2.05, 4.69) is 15.5 Å². The van der Waals surface area contributed by atoms with Gasteiger partial charge in [-0.15, -0.1) is 10.2 Å². The summed E-state index contributed by atoms with van der Waals surface area (Å²) < 4.78 is 7.10. The summed E-state index contributed by atoms with van der Waals surface area (Å²) in [5.74, 6) is 1.29. The fourth-order valence-electron chi connectivity index (χ4n) is 2.10. The number of furan rings is 1. The lowest BCUT2D eigenvalue weighted by atomic mass is 10.2. The smallest absolute Gasteiger partial charge is 0.234 e. The van der Waals surface area contributed by atoms with Crippen molar-refractivity contribution in [2.75, 3.05) is 11.1 Å². The number of nitrogens with one attached hydrogen (secondary N) is 1. The Labute approximate surface area is 148 Å². The van der Waals surface area contributed by atoms with Crippen LogP contribution in [-0.4, -0.2) is 26.4 Å². The number of hydrogen-bond donors (Lipinski definition) is 1. The molecule has 6 nitrogen and oxygen atoms in total. The second-order valence-electron chi connectivity index (χ2n) is 5.16. The summed E-state index contributed by atoms with van der Waals surface area (Å²) in [7, 11) is 1.83. The molecule has 0 bridgehead atoms. The van der Waals surface area contributed by atoms with Crippen LogP contribution in [0.3, 0.4) is 0 Å². The van der Waals surface area contributed by atoms with E-state index in [0.29, 0.717) is 27.5 Å². The number of anilines is 1. The summed E-state index contributed by atoms with van der Waals surface area (Å²) in [6, 6.07) is 9.09. The Morgan fingerprint density at radius 3 is 2.92 bits per heavy atom. The molecule has 2 heterocycles. The Morgan fingerprint density at radius 2 is 2.21 bits per heavy atom. The zero-order valence-corrected chi connectivity index (χ0v) is 14.7. The first-order chi connectivity index (χ1) is 11.5. The summed E-state index contributed by atoms with van der Waals surface area (Å²) in [6.07, 6.45) is 1.58. The number of nitrogens with zero attached hydrogens (tertiary/aromatic N) is 3. The van der Waals surface area contributed by atoms with Crippen molar-refractivity contribution >= 4 is 35.0 Å². The number of hydrogen-bond acceptors (Lipinski definition) is 5. The molecular weight excluding hydrogens is 348 g/mol. The van der Waals surface area contributed by atoms with E-state index in [0.717, 1.165) is 5.56 Å². The van der Waals surface area contributed by atoms with Gasteiger partial charge in [-0.2, -0.15) is 0 Å². The van der Waals surface area contributed by atoms with Crippen LogP contribution in [-0.2, 0) is 11.8 Å². The van der Waals surface area contributed by atoms with E-state index < -0.39 is 0 Å². The van der Waals surface area contributed by atoms with E-state index in [4.69, 9.17) is 16.0 Å². The van der Waals surface area contributed by atoms with E-state index >= 15 is 0 Å². The molecule has 0 spiro atoms. The lowest BCUT2D eigenvalue weighted by molar-refractivity contribution is -0.113. The van der Waals surface area contributed by atoms with Crippen LogP contribution in [0.1, 0.15) is 5.56 Å². The molecule has 3 aromatic rings. The number of carbonyl (C=O) groups excluding carboxylic acids is 1. The number of carbonyl (C=O) groups is 1. The van der Waals surface area contributed by atoms with Crippen molar-refractivity contribution in [2.45, 2.75) is 12.1 Å². The molecule has 1 N–H and O–H groups in total. The summed E-state index contributed by atoms with van der Waals surface area (Å²) in [5.41, 5.74) is 1.64. The number of benzene rings is 1. The minimum absolute atomic E-state index is 0.159. The predicted octanol–water partition coefficient (Wildman–Crippen LogP) is 3.77. The highest BCUT2D eigenvalue weighted by molar-refractivity contribution is 7.99. The molecule has 0 aliphatic heterocycles. The highest BCUT2D eigenvalue weighted by Crippen LogP contribution is 2.25. The second kappa shape index (κ2) is 7.11. The van der Waals surface area contributed by atoms with Crippen LogP contribution in [0.4, 0.5) is 5.69 Å². The molecule has 124 valence electrons. The Bertz CT molecular complexity index is 861. The average molecular weight is 363 g/mol. The highest BCUT2D eigenvalue weighted by Gasteiger charge is 2.15. The van der Waals surface area contributed by atoms with Crippen molar-refractivity contribution in [3.8, 4) is 11.6 Å². The minimum Gasteiger partial charge on any atom is -0.461 e. The standard InChI is InChI=1S/C16H15ClN4O2S/c1-10-5-6-12(11(17)8-10)18-14(22)9-24-16-20-19-15(21(16)2)13-4-3-7-23-13/h3-8H,9H2,1-2H3,(H,18,22). The van der Waals surface area contributed by atoms with Crippen LogP contribution < -0.4 is 5.32 Å². The van der Waals surface area contributed by atoms with Crippen LogP contribution in [0.2, 0.25) is 5.02 Å². The van der Waals surface area contributed by atoms with Gasteiger partial charge in [0.25, 0.3) is 0 Å². The second-order valence-corrected chi connectivity index (χ2v) is 6.51. The summed E-state index contributed by atoms with van der Waals surface area (Å²) in [5, 5.41) is 12.1. The molecule has 24 heavy (non-hydrogen) atoms. The molecule has 0 saturated carbocycles. The van der Waals surface area contributed by atoms with Crippen LogP contribution in [0.25, 0.3) is 11.6 Å². The van der Waals surface area contributed by atoms with E-state index in [1.807, 2.05) is 32.2 Å². The molecule has 0 unspecified atom stereocenters. The first kappa shape index (κ1) is 16.6. The zero-order valence-electron chi connectivity index (χ0n) is 13.1. The Kier molecular flexibility index (Phi) is 4.92. The lowest BCUT2D eigenvalue weighted by Crippen LogP contribution is -2.14. The van der Waals surface area contributed by atoms with E-state index in [1.54, 1.807) is 23.0 Å². The van der Waals surface area contributed by atoms with Crippen molar-refractivity contribution in [1.82, 2.24) is 14.8 Å². The Balaban J connectivity index is 1.62. The van der Waals surface area contributed by atoms with Gasteiger partial charge in [-0.1, -0.05) is 29.4 Å². The zero-order chi connectivity index (χ0) is 17.1. The highest BCUT2D eigenvalue weighted by atomic mass is 35.5. The topological polar surface area (TPSA) is 73.0 Å². The van der Waals surface area contributed by atoms with Crippen molar-refractivity contribution in [3.63, 3.8) is 0 Å². The van der Waals surface area contributed by atoms with E-state index in [9.17, 15) is 4.79 Å². The van der Waals surface area contributed by atoms with Gasteiger partial charge < -0.3 is 14.3 Å². The van der Waals surface area contributed by atoms with Gasteiger partial charge in [0.2, 0.25) is 5.91 Å². The van der Waals surface area contributed by atoms with Crippen molar-refractivity contribution < 1.29 is 9.21 Å². The molecular formula is C16H15ClN4O2S. The van der Waals surface area contributed by atoms with Gasteiger partial charge >= 0.3 is 0 Å². The SMILES string of the molecule is Cc1ccc(NC(=O)CSc2nnc(-c3ccco3)n2C)c(Cl)c1. The first-order valence-corrected chi connectivity index (χ1v) is 8.53. The number of thioether (sulfide) groups is 1. The minimum atomic E-state index is -0.159. The Hall–Kier alpha value is -2.25. The van der Waals surface area contributed by atoms with E-state index in [-0.39, 0.29) is 11.7 Å². The molecule has 2 aromatic heterocycles. The van der Waals surface area contributed by atoms with Gasteiger partial charge in [-0.25, -0.2) is 0 Å². The molecule has 8 heteroatoms. The largest absolute Gasteiger partial charge is 0.461 e. The number of aromatic nitrogens is 3. The molecule has 0 fully saturated rings. The van der Waals surface area contributed by atoms with Crippen LogP contribution >= 0.6 is 23.4 Å². The third-order valence-corrected chi connectivity index (χ3v) is 4.64. The average Bonchev–Trinajstić information content (AvgIpc) is 3.18. The maximum Gasteiger partial charge on any atom is 0.234 e. The number of amides is 1. The monoisotopic (exact) mass is 362 g/mol. The third kappa shape index (κ3) is 3.63. The number of aryl methyl sites for hydroxylation is 1. The van der Waals surface area contributed by atoms with Gasteiger partial charge in [-0.05, 0) is 36.8 Å². The summed E-state index contributed by atoms with van der Waals surface area (Å²) >= 11 is 7.41. The molecule has 1 amide bonds. The first-order valence-electron chi connectivity index (χ1n) is 7.16. The third-order valence-electron chi connectivity index (χ3n) is 3.31. The van der Waals surface area contributed by atoms with Gasteiger partial charge in [-0.3, -0.25) is 4.79 Å². The molecule has 1 aromatic carbocycles. The van der Waals surface area contributed by atoms with Crippen molar-refractivity contribution in [2.24, 2.45) is 7.05 Å². The molecule has 3 rings (SSSR count). The number of halogens is 1. The molecule has 0 aliphatic rings. The Morgan fingerprint density at radius 1 is 1.38 bits per heavy atom. The fraction of sp³-hybridized carbons (Fsp3) is 0.188. The van der Waals surface area contributed by atoms with Crippen molar-refractivity contribution in [3.05, 3.63) is 47.2 Å². The predicted molar refractivity (Wildman–Crippen MR) is 94.2 cm³/mol. The van der Waals surface area contributed by atoms with Gasteiger partial charge in [0.1, 0.15) is 0 Å². The normalized spacial score (nSPS) is 10.8. The van der Waals surface area contributed by atoms with Crippen LogP contribution in [0.5, 0.6) is 0 Å². The van der Waals surface area contributed by atoms with E-state index in [1.165, 1.54) is 11.8 Å². The maximum atomic E-state index is 12.1. The summed E-state index contributed by atoms with van der Waals surface area (Å²) in [4.78, 5) is 12.1. The molecule has 0 aliphatic carbocycles. The van der Waals surface area contributed by atoms with Gasteiger partial charge in [0.05, 0.1) is 22.7 Å².